The van der Waals surface area contributed by atoms with Gasteiger partial charge >= 0.3 is 0 Å². The van der Waals surface area contributed by atoms with Crippen LogP contribution in [0.4, 0.5) is 0 Å². The Morgan fingerprint density at radius 3 is 2.10 bits per heavy atom. The number of hydrogen-bond donors (Lipinski definition) is 1. The Balaban J connectivity index is 0.00000387. The molecular weight excluding hydrogens is 536 g/mol. The number of aromatic nitrogens is 1. The van der Waals surface area contributed by atoms with E-state index in [1.54, 1.807) is 28.4 Å². The minimum atomic E-state index is 0. The average Bonchev–Trinajstić information content (AvgIpc) is 3.02. The summed E-state index contributed by atoms with van der Waals surface area (Å²) in [5.74, 6) is 3.57. The van der Waals surface area contributed by atoms with Gasteiger partial charge in [0.2, 0.25) is 0 Å². The summed E-state index contributed by atoms with van der Waals surface area (Å²) in [6.07, 6.45) is 7.64. The maximum Gasteiger partial charge on any atom is 0.161 e. The van der Waals surface area contributed by atoms with Crippen LogP contribution >= 0.6 is 12.4 Å². The Labute approximate surface area is 249 Å². The van der Waals surface area contributed by atoms with E-state index in [2.05, 4.69) is 47.8 Å². The van der Waals surface area contributed by atoms with Crippen molar-refractivity contribution in [3.8, 4) is 23.0 Å². The van der Waals surface area contributed by atoms with Gasteiger partial charge in [-0.2, -0.15) is 0 Å². The predicted octanol–water partition coefficient (Wildman–Crippen LogP) is 7.53. The van der Waals surface area contributed by atoms with E-state index in [0.29, 0.717) is 23.5 Å². The summed E-state index contributed by atoms with van der Waals surface area (Å²) in [7, 11) is 6.67. The zero-order valence-corrected chi connectivity index (χ0v) is 25.2. The molecule has 1 fully saturated rings. The topological polar surface area (TPSA) is 61.8 Å². The van der Waals surface area contributed by atoms with Gasteiger partial charge in [0.05, 0.1) is 34.1 Å². The van der Waals surface area contributed by atoms with Gasteiger partial charge in [-0.25, -0.2) is 0 Å². The highest BCUT2D eigenvalue weighted by Crippen LogP contribution is 2.40. The third kappa shape index (κ3) is 6.88. The highest BCUT2D eigenvalue weighted by atomic mass is 35.5. The smallest absolute Gasteiger partial charge is 0.161 e. The molecule has 0 amide bonds. The Kier molecular flexibility index (Phi) is 10.7. The first-order valence-corrected chi connectivity index (χ1v) is 14.2. The second kappa shape index (κ2) is 14.4. The summed E-state index contributed by atoms with van der Waals surface area (Å²) in [4.78, 5) is 4.93. The van der Waals surface area contributed by atoms with Crippen molar-refractivity contribution >= 4 is 23.2 Å². The van der Waals surface area contributed by atoms with Crippen molar-refractivity contribution in [1.82, 2.24) is 10.3 Å². The van der Waals surface area contributed by atoms with E-state index < -0.39 is 0 Å². The molecule has 4 aromatic rings. The van der Waals surface area contributed by atoms with Gasteiger partial charge in [0, 0.05) is 23.5 Å². The Morgan fingerprint density at radius 2 is 1.41 bits per heavy atom. The van der Waals surface area contributed by atoms with Gasteiger partial charge in [0.1, 0.15) is 0 Å². The fraction of sp³-hybridized carbons (Fsp3) is 0.382. The summed E-state index contributed by atoms with van der Waals surface area (Å²) < 4.78 is 22.4. The van der Waals surface area contributed by atoms with Gasteiger partial charge in [-0.15, -0.1) is 12.4 Å². The molecule has 1 heterocycles. The second-order valence-electron chi connectivity index (χ2n) is 10.5. The van der Waals surface area contributed by atoms with Crippen LogP contribution in [0.15, 0.2) is 72.9 Å². The summed E-state index contributed by atoms with van der Waals surface area (Å²) in [5.41, 5.74) is 3.63. The van der Waals surface area contributed by atoms with E-state index in [-0.39, 0.29) is 18.3 Å². The molecule has 0 aliphatic heterocycles. The predicted molar refractivity (Wildman–Crippen MR) is 168 cm³/mol. The Hall–Kier alpha value is -3.48. The van der Waals surface area contributed by atoms with Crippen LogP contribution in [-0.4, -0.2) is 46.0 Å². The summed E-state index contributed by atoms with van der Waals surface area (Å²) in [5, 5.41) is 6.00. The standard InChI is InChI=1S/C34H40N2O4.ClH/c1-37-30-15-12-25(20-31(30)38-2)28(34-29-22-33(40-4)32(39-3)21-26(29)16-18-36-34)17-19-35-27-13-10-24(11-14-27)23-8-6-5-7-9-23;/h5-9,12,15-16,18,20-22,24,27-28,35H,10-11,13-14,17,19H2,1-4H3;1H. The van der Waals surface area contributed by atoms with Gasteiger partial charge in [-0.3, -0.25) is 4.98 Å². The van der Waals surface area contributed by atoms with Crippen molar-refractivity contribution in [2.75, 3.05) is 35.0 Å². The quantitative estimate of drug-likeness (QED) is 0.199. The van der Waals surface area contributed by atoms with Crippen LogP contribution < -0.4 is 24.3 Å². The molecule has 0 radical (unpaired) electrons. The van der Waals surface area contributed by atoms with Crippen LogP contribution in [0.5, 0.6) is 23.0 Å². The van der Waals surface area contributed by atoms with Crippen molar-refractivity contribution in [1.29, 1.82) is 0 Å². The van der Waals surface area contributed by atoms with E-state index in [1.807, 2.05) is 30.5 Å². The molecule has 5 rings (SSSR count). The van der Waals surface area contributed by atoms with E-state index in [4.69, 9.17) is 23.9 Å². The van der Waals surface area contributed by atoms with Crippen molar-refractivity contribution < 1.29 is 18.9 Å². The lowest BCUT2D eigenvalue weighted by atomic mass is 9.81. The van der Waals surface area contributed by atoms with Crippen LogP contribution in [-0.2, 0) is 0 Å². The van der Waals surface area contributed by atoms with Gasteiger partial charge in [0.15, 0.2) is 23.0 Å². The lowest BCUT2D eigenvalue weighted by Crippen LogP contribution is -2.34. The third-order valence-electron chi connectivity index (χ3n) is 8.30. The number of hydrogen-bond acceptors (Lipinski definition) is 6. The summed E-state index contributed by atoms with van der Waals surface area (Å²) in [6.45, 7) is 0.894. The number of methoxy groups -OCH3 is 4. The number of rotatable bonds is 11. The zero-order valence-electron chi connectivity index (χ0n) is 24.4. The first kappa shape index (κ1) is 30.5. The van der Waals surface area contributed by atoms with Crippen molar-refractivity contribution in [3.63, 3.8) is 0 Å². The lowest BCUT2D eigenvalue weighted by molar-refractivity contribution is 0.340. The molecule has 3 aromatic carbocycles. The first-order chi connectivity index (χ1) is 19.6. The van der Waals surface area contributed by atoms with Gasteiger partial charge in [0.25, 0.3) is 0 Å². The molecule has 218 valence electrons. The van der Waals surface area contributed by atoms with Crippen molar-refractivity contribution in [2.45, 2.75) is 50.0 Å². The minimum Gasteiger partial charge on any atom is -0.493 e. The number of ether oxygens (including phenoxy) is 4. The Bertz CT molecular complexity index is 1410. The number of benzene rings is 3. The highest BCUT2D eigenvalue weighted by Gasteiger charge is 2.24. The number of halogens is 1. The third-order valence-corrected chi connectivity index (χ3v) is 8.30. The van der Waals surface area contributed by atoms with Crippen LogP contribution in [0.1, 0.15) is 60.8 Å². The van der Waals surface area contributed by atoms with E-state index in [9.17, 15) is 0 Å². The number of nitrogens with one attached hydrogen (secondary N) is 1. The molecule has 6 nitrogen and oxygen atoms in total. The summed E-state index contributed by atoms with van der Waals surface area (Å²) >= 11 is 0. The van der Waals surface area contributed by atoms with E-state index in [0.717, 1.165) is 46.5 Å². The normalized spacial score (nSPS) is 17.4. The molecule has 1 atom stereocenters. The lowest BCUT2D eigenvalue weighted by Gasteiger charge is -2.30. The fourth-order valence-corrected chi connectivity index (χ4v) is 6.12. The second-order valence-corrected chi connectivity index (χ2v) is 10.5. The fourth-order valence-electron chi connectivity index (χ4n) is 6.12. The molecule has 0 saturated heterocycles. The Morgan fingerprint density at radius 1 is 0.756 bits per heavy atom. The molecule has 1 saturated carbocycles. The SMILES string of the molecule is COc1ccc(C(CCNC2CCC(c3ccccc3)CC2)c2nccc3cc(OC)c(OC)cc23)cc1OC.Cl. The largest absolute Gasteiger partial charge is 0.493 e. The molecular formula is C34H41ClN2O4. The van der Waals surface area contributed by atoms with E-state index in [1.165, 1.54) is 31.2 Å². The molecule has 0 spiro atoms. The molecule has 7 heteroatoms. The van der Waals surface area contributed by atoms with Gasteiger partial charge in [-0.05, 0) is 91.4 Å². The van der Waals surface area contributed by atoms with Gasteiger partial charge < -0.3 is 24.3 Å². The van der Waals surface area contributed by atoms with Gasteiger partial charge in [-0.1, -0.05) is 36.4 Å². The number of pyridine rings is 1. The van der Waals surface area contributed by atoms with Crippen molar-refractivity contribution in [2.24, 2.45) is 0 Å². The molecule has 1 aliphatic rings. The highest BCUT2D eigenvalue weighted by molar-refractivity contribution is 5.88. The molecule has 0 bridgehead atoms. The monoisotopic (exact) mass is 576 g/mol. The van der Waals surface area contributed by atoms with Crippen LogP contribution in [0.2, 0.25) is 0 Å². The van der Waals surface area contributed by atoms with Crippen molar-refractivity contribution in [3.05, 3.63) is 89.7 Å². The molecule has 1 N–H and O–H groups in total. The zero-order chi connectivity index (χ0) is 27.9. The molecule has 1 aliphatic carbocycles. The molecule has 1 aromatic heterocycles. The summed E-state index contributed by atoms with van der Waals surface area (Å²) in [6, 6.07) is 23.8. The van der Waals surface area contributed by atoms with Crippen LogP contribution in [0, 0.1) is 0 Å². The average molecular weight is 577 g/mol. The first-order valence-electron chi connectivity index (χ1n) is 14.2. The number of fused-ring (bicyclic) bond motifs is 1. The maximum atomic E-state index is 5.67. The molecule has 41 heavy (non-hydrogen) atoms. The van der Waals surface area contributed by atoms with Crippen LogP contribution in [0.25, 0.3) is 10.8 Å². The number of nitrogens with zero attached hydrogens (tertiary/aromatic N) is 1. The maximum absolute atomic E-state index is 5.67. The minimum absolute atomic E-state index is 0. The van der Waals surface area contributed by atoms with E-state index >= 15 is 0 Å². The molecule has 1 unspecified atom stereocenters. The van der Waals surface area contributed by atoms with Crippen LogP contribution in [0.3, 0.4) is 0 Å².